The van der Waals surface area contributed by atoms with Crippen molar-refractivity contribution >= 4 is 6.03 Å². The van der Waals surface area contributed by atoms with Gasteiger partial charge in [0, 0.05) is 24.6 Å². The van der Waals surface area contributed by atoms with Crippen molar-refractivity contribution in [1.82, 2.24) is 10.6 Å². The maximum absolute atomic E-state index is 12.0. The number of hydrogen-bond donors (Lipinski definition) is 2. The number of amides is 2. The number of aryl methyl sites for hydroxylation is 1. The van der Waals surface area contributed by atoms with E-state index in [9.17, 15) is 4.79 Å². The minimum absolute atomic E-state index is 0.0902. The molecule has 0 bridgehead atoms. The predicted octanol–water partition coefficient (Wildman–Crippen LogP) is 2.90. The van der Waals surface area contributed by atoms with E-state index in [2.05, 4.69) is 10.6 Å². The number of carbonyl (C=O) groups excluding carboxylic acids is 1. The lowest BCUT2D eigenvalue weighted by Gasteiger charge is -2.17. The minimum atomic E-state index is -0.0902. The van der Waals surface area contributed by atoms with E-state index in [1.807, 2.05) is 25.1 Å². The maximum atomic E-state index is 12.0. The molecular weight excluding hydrogens is 292 g/mol. The van der Waals surface area contributed by atoms with Crippen LogP contribution in [0.25, 0.3) is 0 Å². The van der Waals surface area contributed by atoms with Gasteiger partial charge in [-0.15, -0.1) is 0 Å². The van der Waals surface area contributed by atoms with E-state index in [-0.39, 0.29) is 12.1 Å². The molecule has 0 spiro atoms. The number of benzene rings is 1. The van der Waals surface area contributed by atoms with Gasteiger partial charge in [0.15, 0.2) is 0 Å². The number of rotatable bonds is 5. The molecule has 126 valence electrons. The summed E-state index contributed by atoms with van der Waals surface area (Å²) in [6.45, 7) is 3.92. The first-order chi connectivity index (χ1) is 11.2. The molecule has 1 heterocycles. The predicted molar refractivity (Wildman–Crippen MR) is 88.7 cm³/mol. The third-order valence-corrected chi connectivity index (χ3v) is 4.53. The van der Waals surface area contributed by atoms with Crippen molar-refractivity contribution in [3.63, 3.8) is 0 Å². The van der Waals surface area contributed by atoms with E-state index in [0.29, 0.717) is 19.2 Å². The van der Waals surface area contributed by atoms with Crippen LogP contribution in [0.1, 0.15) is 43.2 Å². The topological polar surface area (TPSA) is 59.6 Å². The van der Waals surface area contributed by atoms with Crippen LogP contribution in [0.15, 0.2) is 18.2 Å². The smallest absolute Gasteiger partial charge is 0.315 e. The monoisotopic (exact) mass is 318 g/mol. The Hall–Kier alpha value is -1.75. The number of urea groups is 1. The minimum Gasteiger partial charge on any atom is -0.488 e. The molecule has 0 unspecified atom stereocenters. The molecule has 5 heteroatoms. The van der Waals surface area contributed by atoms with Crippen LogP contribution in [0.5, 0.6) is 5.75 Å². The maximum Gasteiger partial charge on any atom is 0.315 e. The van der Waals surface area contributed by atoms with Gasteiger partial charge in [0.1, 0.15) is 11.9 Å². The zero-order chi connectivity index (χ0) is 16.1. The molecule has 2 aliphatic rings. The first-order valence-electron chi connectivity index (χ1n) is 8.59. The molecule has 1 aromatic rings. The van der Waals surface area contributed by atoms with Crippen LogP contribution in [-0.2, 0) is 11.3 Å². The molecule has 1 saturated heterocycles. The van der Waals surface area contributed by atoms with Gasteiger partial charge in [0.2, 0.25) is 0 Å². The zero-order valence-electron chi connectivity index (χ0n) is 13.8. The molecule has 5 nitrogen and oxygen atoms in total. The van der Waals surface area contributed by atoms with Crippen molar-refractivity contribution in [3.8, 4) is 5.75 Å². The summed E-state index contributed by atoms with van der Waals surface area (Å²) in [6, 6.07) is 6.34. The van der Waals surface area contributed by atoms with Gasteiger partial charge in [-0.05, 0) is 31.4 Å². The second kappa shape index (κ2) is 7.68. The van der Waals surface area contributed by atoms with Gasteiger partial charge in [-0.1, -0.05) is 25.0 Å². The molecule has 0 radical (unpaired) electrons. The summed E-state index contributed by atoms with van der Waals surface area (Å²) in [6.07, 6.45) is 5.64. The zero-order valence-corrected chi connectivity index (χ0v) is 13.8. The van der Waals surface area contributed by atoms with Gasteiger partial charge in [-0.25, -0.2) is 4.79 Å². The Bertz CT molecular complexity index is 535. The lowest BCUT2D eigenvalue weighted by atomic mass is 10.1. The fraction of sp³-hybridized carbons (Fsp3) is 0.611. The summed E-state index contributed by atoms with van der Waals surface area (Å²) in [4.78, 5) is 12.0. The highest BCUT2D eigenvalue weighted by atomic mass is 16.5. The number of ether oxygens (including phenoxy) is 2. The fourth-order valence-electron chi connectivity index (χ4n) is 3.18. The summed E-state index contributed by atoms with van der Waals surface area (Å²) >= 11 is 0. The average Bonchev–Trinajstić information content (AvgIpc) is 3.20. The van der Waals surface area contributed by atoms with E-state index in [0.717, 1.165) is 42.7 Å². The van der Waals surface area contributed by atoms with E-state index < -0.39 is 0 Å². The number of carbonyl (C=O) groups is 1. The first-order valence-corrected chi connectivity index (χ1v) is 8.59. The summed E-state index contributed by atoms with van der Waals surface area (Å²) in [5.41, 5.74) is 2.15. The highest BCUT2D eigenvalue weighted by molar-refractivity contribution is 5.74. The number of nitrogens with one attached hydrogen (secondary N) is 2. The first kappa shape index (κ1) is 16.1. The molecular formula is C18H26N2O3. The van der Waals surface area contributed by atoms with Crippen LogP contribution in [0.4, 0.5) is 4.79 Å². The third kappa shape index (κ3) is 4.61. The Morgan fingerprint density at radius 2 is 2.13 bits per heavy atom. The van der Waals surface area contributed by atoms with Gasteiger partial charge in [-0.3, -0.25) is 0 Å². The normalized spacial score (nSPS) is 21.3. The highest BCUT2D eigenvalue weighted by Crippen LogP contribution is 2.24. The van der Waals surface area contributed by atoms with Crippen LogP contribution < -0.4 is 15.4 Å². The summed E-state index contributed by atoms with van der Waals surface area (Å²) in [7, 11) is 0. The standard InChI is InChI=1S/C18H26N2O3/c1-13-6-7-14(17(10-13)23-16-8-9-22-12-16)11-19-18(21)20-15-4-2-3-5-15/h6-7,10,15-16H,2-5,8-9,11-12H2,1H3,(H2,19,20,21)/t16-/m1/s1. The Balaban J connectivity index is 1.56. The van der Waals surface area contributed by atoms with Gasteiger partial charge >= 0.3 is 6.03 Å². The fourth-order valence-corrected chi connectivity index (χ4v) is 3.18. The second-order valence-electron chi connectivity index (χ2n) is 6.52. The molecule has 23 heavy (non-hydrogen) atoms. The molecule has 0 aromatic heterocycles. The Morgan fingerprint density at radius 3 is 2.87 bits per heavy atom. The molecule has 2 amide bonds. The quantitative estimate of drug-likeness (QED) is 0.877. The molecule has 3 rings (SSSR count). The second-order valence-corrected chi connectivity index (χ2v) is 6.52. The van der Waals surface area contributed by atoms with Crippen molar-refractivity contribution in [3.05, 3.63) is 29.3 Å². The van der Waals surface area contributed by atoms with Crippen molar-refractivity contribution in [2.75, 3.05) is 13.2 Å². The van der Waals surface area contributed by atoms with Gasteiger partial charge in [0.25, 0.3) is 0 Å². The molecule has 1 aromatic carbocycles. The lowest BCUT2D eigenvalue weighted by molar-refractivity contribution is 0.140. The van der Waals surface area contributed by atoms with Crippen molar-refractivity contribution in [2.45, 2.75) is 57.7 Å². The summed E-state index contributed by atoms with van der Waals surface area (Å²) < 4.78 is 11.4. The van der Waals surface area contributed by atoms with Crippen molar-refractivity contribution in [1.29, 1.82) is 0 Å². The molecule has 2 N–H and O–H groups in total. The summed E-state index contributed by atoms with van der Waals surface area (Å²) in [5, 5.41) is 5.99. The third-order valence-electron chi connectivity index (χ3n) is 4.53. The van der Waals surface area contributed by atoms with E-state index in [4.69, 9.17) is 9.47 Å². The lowest BCUT2D eigenvalue weighted by Crippen LogP contribution is -2.40. The van der Waals surface area contributed by atoms with Crippen LogP contribution in [0.2, 0.25) is 0 Å². The van der Waals surface area contributed by atoms with Gasteiger partial charge in [-0.2, -0.15) is 0 Å². The Labute approximate surface area is 137 Å². The molecule has 1 atom stereocenters. The van der Waals surface area contributed by atoms with Gasteiger partial charge in [0.05, 0.1) is 13.2 Å². The van der Waals surface area contributed by atoms with Gasteiger partial charge < -0.3 is 20.1 Å². The van der Waals surface area contributed by atoms with Crippen LogP contribution in [0.3, 0.4) is 0 Å². The van der Waals surface area contributed by atoms with E-state index >= 15 is 0 Å². The molecule has 2 fully saturated rings. The van der Waals surface area contributed by atoms with Crippen LogP contribution in [0, 0.1) is 6.92 Å². The van der Waals surface area contributed by atoms with E-state index in [1.165, 1.54) is 12.8 Å². The Kier molecular flexibility index (Phi) is 5.39. The van der Waals surface area contributed by atoms with Crippen molar-refractivity contribution < 1.29 is 14.3 Å². The Morgan fingerprint density at radius 1 is 1.30 bits per heavy atom. The number of hydrogen-bond acceptors (Lipinski definition) is 3. The molecule has 1 saturated carbocycles. The SMILES string of the molecule is Cc1ccc(CNC(=O)NC2CCCC2)c(O[C@@H]2CCOC2)c1. The van der Waals surface area contributed by atoms with Crippen molar-refractivity contribution in [2.24, 2.45) is 0 Å². The van der Waals surface area contributed by atoms with Crippen LogP contribution >= 0.6 is 0 Å². The van der Waals surface area contributed by atoms with E-state index in [1.54, 1.807) is 0 Å². The highest BCUT2D eigenvalue weighted by Gasteiger charge is 2.20. The summed E-state index contributed by atoms with van der Waals surface area (Å²) in [5.74, 6) is 0.849. The molecule has 1 aliphatic carbocycles. The largest absolute Gasteiger partial charge is 0.488 e. The molecule has 1 aliphatic heterocycles. The van der Waals surface area contributed by atoms with Crippen LogP contribution in [-0.4, -0.2) is 31.4 Å². The average molecular weight is 318 g/mol.